The first-order valence-electron chi connectivity index (χ1n) is 17.6. The maximum absolute atomic E-state index is 12.7. The zero-order valence-electron chi connectivity index (χ0n) is 28.9. The highest BCUT2D eigenvalue weighted by Gasteiger charge is 2.16. The first kappa shape index (κ1) is 37.6. The van der Waals surface area contributed by atoms with Gasteiger partial charge in [0, 0.05) is 6.61 Å². The molecule has 0 aliphatic heterocycles. The quantitative estimate of drug-likeness (QED) is 0.0470. The van der Waals surface area contributed by atoms with Gasteiger partial charge in [0.1, 0.15) is 17.2 Å². The third-order valence-electron chi connectivity index (χ3n) is 8.02. The van der Waals surface area contributed by atoms with Crippen LogP contribution < -0.4 is 14.2 Å². The van der Waals surface area contributed by atoms with Crippen LogP contribution in [0, 0.1) is 6.92 Å². The van der Waals surface area contributed by atoms with Crippen LogP contribution in [0.5, 0.6) is 17.2 Å². The second-order valence-electron chi connectivity index (χ2n) is 12.2. The lowest BCUT2D eigenvalue weighted by Gasteiger charge is -2.12. The maximum atomic E-state index is 12.7. The summed E-state index contributed by atoms with van der Waals surface area (Å²) in [6, 6.07) is 20.1. The summed E-state index contributed by atoms with van der Waals surface area (Å²) < 4.78 is 22.7. The first-order valence-corrected chi connectivity index (χ1v) is 17.6. The molecule has 1 unspecified atom stereocenters. The third kappa shape index (κ3) is 14.6. The molecule has 0 aliphatic carbocycles. The number of carbonyl (C=O) groups excluding carboxylic acids is 2. The van der Waals surface area contributed by atoms with E-state index in [2.05, 4.69) is 13.8 Å². The fraction of sp³-hybridized carbons (Fsp3) is 0.463. The zero-order valence-corrected chi connectivity index (χ0v) is 28.9. The van der Waals surface area contributed by atoms with Crippen molar-refractivity contribution in [1.82, 2.24) is 0 Å². The number of aryl methyl sites for hydroxylation is 1. The van der Waals surface area contributed by atoms with Crippen LogP contribution in [-0.2, 0) is 9.53 Å². The Morgan fingerprint density at radius 3 is 1.72 bits per heavy atom. The molecule has 3 aromatic carbocycles. The van der Waals surface area contributed by atoms with Crippen molar-refractivity contribution < 1.29 is 28.5 Å². The van der Waals surface area contributed by atoms with Crippen LogP contribution >= 0.6 is 0 Å². The van der Waals surface area contributed by atoms with Crippen LogP contribution in [0.2, 0.25) is 0 Å². The number of hydrogen-bond acceptors (Lipinski definition) is 6. The van der Waals surface area contributed by atoms with Crippen molar-refractivity contribution in [1.29, 1.82) is 0 Å². The van der Waals surface area contributed by atoms with Crippen LogP contribution in [0.25, 0.3) is 12.2 Å². The van der Waals surface area contributed by atoms with E-state index >= 15 is 0 Å². The van der Waals surface area contributed by atoms with E-state index in [1.807, 2.05) is 49.4 Å². The monoisotopic (exact) mass is 642 g/mol. The van der Waals surface area contributed by atoms with Crippen molar-refractivity contribution >= 4 is 24.1 Å². The van der Waals surface area contributed by atoms with Crippen LogP contribution in [0.4, 0.5) is 0 Å². The second-order valence-corrected chi connectivity index (χ2v) is 12.2. The van der Waals surface area contributed by atoms with Gasteiger partial charge in [-0.05, 0) is 85.8 Å². The van der Waals surface area contributed by atoms with Crippen LogP contribution in [0.15, 0.2) is 66.7 Å². The highest BCUT2D eigenvalue weighted by Crippen LogP contribution is 2.22. The predicted molar refractivity (Wildman–Crippen MR) is 191 cm³/mol. The molecule has 254 valence electrons. The molecule has 0 aromatic heterocycles. The summed E-state index contributed by atoms with van der Waals surface area (Å²) in [6.07, 6.45) is 17.8. The molecule has 6 nitrogen and oxygen atoms in total. The van der Waals surface area contributed by atoms with Gasteiger partial charge in [0.2, 0.25) is 0 Å². The van der Waals surface area contributed by atoms with Crippen molar-refractivity contribution in [2.24, 2.45) is 0 Å². The Morgan fingerprint density at radius 1 is 0.638 bits per heavy atom. The lowest BCUT2D eigenvalue weighted by Crippen LogP contribution is -2.26. The molecule has 0 saturated heterocycles. The molecule has 47 heavy (non-hydrogen) atoms. The van der Waals surface area contributed by atoms with Gasteiger partial charge in [-0.15, -0.1) is 0 Å². The van der Waals surface area contributed by atoms with Gasteiger partial charge in [-0.3, -0.25) is 0 Å². The van der Waals surface area contributed by atoms with Gasteiger partial charge in [0.15, 0.2) is 6.10 Å². The normalized spacial score (nSPS) is 11.8. The second kappa shape index (κ2) is 21.8. The number of rotatable bonds is 22. The Kier molecular flexibility index (Phi) is 17.4. The number of hydrogen-bond donors (Lipinski definition) is 0. The standard InChI is InChI=1S/C41H54O6/c1-5-7-9-11-12-13-14-16-29-44-33(4)40(42)46-37-24-19-34(20-25-37)17-18-35-21-26-38(27-22-35)47-41(43)36-23-28-39(32(3)31-36)45-30-15-10-8-6-2/h17-28,31,33H,5-16,29-30H2,1-4H3/b18-17+. The predicted octanol–water partition coefficient (Wildman–Crippen LogP) is 10.8. The lowest BCUT2D eigenvalue weighted by atomic mass is 10.1. The fourth-order valence-corrected chi connectivity index (χ4v) is 5.06. The largest absolute Gasteiger partial charge is 0.493 e. The third-order valence-corrected chi connectivity index (χ3v) is 8.02. The van der Waals surface area contributed by atoms with Gasteiger partial charge in [-0.25, -0.2) is 9.59 Å². The minimum absolute atomic E-state index is 0.386. The van der Waals surface area contributed by atoms with E-state index in [0.29, 0.717) is 30.3 Å². The maximum Gasteiger partial charge on any atom is 0.343 e. The average molecular weight is 643 g/mol. The SMILES string of the molecule is CCCCCCCCCCOC(C)C(=O)Oc1ccc(/C=C/c2ccc(OC(=O)c3ccc(OCCCCCC)c(C)c3)cc2)cc1. The fourth-order valence-electron chi connectivity index (χ4n) is 5.06. The van der Waals surface area contributed by atoms with Crippen LogP contribution in [0.3, 0.4) is 0 Å². The van der Waals surface area contributed by atoms with E-state index in [1.165, 1.54) is 51.4 Å². The van der Waals surface area contributed by atoms with E-state index in [0.717, 1.165) is 48.1 Å². The minimum atomic E-state index is -0.601. The van der Waals surface area contributed by atoms with Gasteiger partial charge in [-0.1, -0.05) is 114 Å². The molecule has 0 amide bonds. The Balaban J connectivity index is 1.38. The average Bonchev–Trinajstić information content (AvgIpc) is 3.08. The number of esters is 2. The molecule has 0 aliphatic rings. The van der Waals surface area contributed by atoms with Gasteiger partial charge < -0.3 is 18.9 Å². The summed E-state index contributed by atoms with van der Waals surface area (Å²) in [5.41, 5.74) is 3.32. The molecule has 0 heterocycles. The number of ether oxygens (including phenoxy) is 4. The van der Waals surface area contributed by atoms with Gasteiger partial charge in [-0.2, -0.15) is 0 Å². The summed E-state index contributed by atoms with van der Waals surface area (Å²) in [5.74, 6) is 0.969. The van der Waals surface area contributed by atoms with Crippen molar-refractivity contribution in [2.45, 2.75) is 111 Å². The number of benzene rings is 3. The molecule has 0 spiro atoms. The van der Waals surface area contributed by atoms with Crippen molar-refractivity contribution in [2.75, 3.05) is 13.2 Å². The Labute approximate surface area is 282 Å². The summed E-state index contributed by atoms with van der Waals surface area (Å²) in [4.78, 5) is 25.2. The van der Waals surface area contributed by atoms with Gasteiger partial charge in [0.25, 0.3) is 0 Å². The van der Waals surface area contributed by atoms with Crippen molar-refractivity contribution in [3.05, 3.63) is 89.0 Å². The molecule has 3 rings (SSSR count). The Hall–Kier alpha value is -3.90. The van der Waals surface area contributed by atoms with E-state index in [9.17, 15) is 9.59 Å². The number of carbonyl (C=O) groups is 2. The van der Waals surface area contributed by atoms with Gasteiger partial charge >= 0.3 is 11.9 Å². The Bertz CT molecular complexity index is 1360. The number of unbranched alkanes of at least 4 members (excludes halogenated alkanes) is 10. The molecule has 0 N–H and O–H groups in total. The lowest BCUT2D eigenvalue weighted by molar-refractivity contribution is -0.146. The highest BCUT2D eigenvalue weighted by atomic mass is 16.6. The molecule has 0 saturated carbocycles. The first-order chi connectivity index (χ1) is 22.9. The van der Waals surface area contributed by atoms with E-state index < -0.39 is 12.1 Å². The molecule has 0 radical (unpaired) electrons. The van der Waals surface area contributed by atoms with Crippen molar-refractivity contribution in [3.63, 3.8) is 0 Å². The van der Waals surface area contributed by atoms with Crippen LogP contribution in [-0.4, -0.2) is 31.3 Å². The summed E-state index contributed by atoms with van der Waals surface area (Å²) in [6.45, 7) is 9.35. The van der Waals surface area contributed by atoms with Crippen molar-refractivity contribution in [3.8, 4) is 17.2 Å². The molecule has 3 aromatic rings. The summed E-state index contributed by atoms with van der Waals surface area (Å²) >= 11 is 0. The molecular formula is C41H54O6. The van der Waals surface area contributed by atoms with E-state index in [4.69, 9.17) is 18.9 Å². The Morgan fingerprint density at radius 2 is 1.15 bits per heavy atom. The molecule has 0 bridgehead atoms. The molecule has 1 atom stereocenters. The topological polar surface area (TPSA) is 71.1 Å². The van der Waals surface area contributed by atoms with Gasteiger partial charge in [0.05, 0.1) is 12.2 Å². The summed E-state index contributed by atoms with van der Waals surface area (Å²) in [7, 11) is 0. The zero-order chi connectivity index (χ0) is 33.7. The highest BCUT2D eigenvalue weighted by molar-refractivity contribution is 5.91. The molecule has 6 heteroatoms. The smallest absolute Gasteiger partial charge is 0.343 e. The minimum Gasteiger partial charge on any atom is -0.493 e. The van der Waals surface area contributed by atoms with E-state index in [-0.39, 0.29) is 5.97 Å². The molecular weight excluding hydrogens is 588 g/mol. The van der Waals surface area contributed by atoms with E-state index in [1.54, 1.807) is 43.3 Å². The summed E-state index contributed by atoms with van der Waals surface area (Å²) in [5, 5.41) is 0. The molecule has 0 fully saturated rings. The van der Waals surface area contributed by atoms with Crippen LogP contribution in [0.1, 0.15) is 125 Å².